The summed E-state index contributed by atoms with van der Waals surface area (Å²) in [5, 5.41) is 6.29. The van der Waals surface area contributed by atoms with Gasteiger partial charge in [0.25, 0.3) is 0 Å². The molecule has 0 spiro atoms. The minimum Gasteiger partial charge on any atom is -0.305 e. The summed E-state index contributed by atoms with van der Waals surface area (Å²) < 4.78 is 50.2. The molecule has 0 saturated carbocycles. The van der Waals surface area contributed by atoms with Crippen molar-refractivity contribution in [1.29, 1.82) is 0 Å². The van der Waals surface area contributed by atoms with Gasteiger partial charge in [0.1, 0.15) is 0 Å². The lowest BCUT2D eigenvalue weighted by Crippen LogP contribution is -2.38. The first kappa shape index (κ1) is 13.0. The van der Waals surface area contributed by atoms with Crippen molar-refractivity contribution >= 4 is 0 Å². The van der Waals surface area contributed by atoms with E-state index in [1.807, 2.05) is 0 Å². The summed E-state index contributed by atoms with van der Waals surface area (Å²) in [4.78, 5) is 0. The van der Waals surface area contributed by atoms with Crippen molar-refractivity contribution in [3.8, 4) is 0 Å². The van der Waals surface area contributed by atoms with Crippen LogP contribution in [0.5, 0.6) is 0 Å². The summed E-state index contributed by atoms with van der Waals surface area (Å²) in [6.07, 6.45) is -3.65. The maximum absolute atomic E-state index is 12.5. The van der Waals surface area contributed by atoms with Crippen LogP contribution in [0.25, 0.3) is 0 Å². The van der Waals surface area contributed by atoms with E-state index in [-0.39, 0.29) is 6.54 Å². The van der Waals surface area contributed by atoms with Gasteiger partial charge in [0.05, 0.1) is 17.9 Å². The number of halogens is 4. The van der Waals surface area contributed by atoms with Crippen LogP contribution in [0.2, 0.25) is 0 Å². The lowest BCUT2D eigenvalue weighted by atomic mass is 10.3. The van der Waals surface area contributed by atoms with Crippen LogP contribution >= 0.6 is 0 Å². The molecule has 0 aliphatic heterocycles. The Labute approximate surface area is 90.4 Å². The number of nitrogens with zero attached hydrogens (tertiary/aromatic N) is 2. The standard InChI is InChI=1S/C9H13F4N3/c1-6-3-7(16(2)15-6)4-14-5-9(12,13)8(10)11/h3,8,14H,4-5H2,1-2H3. The molecular weight excluding hydrogens is 226 g/mol. The quantitative estimate of drug-likeness (QED) is 0.793. The van der Waals surface area contributed by atoms with Crippen LogP contribution in [-0.4, -0.2) is 28.7 Å². The van der Waals surface area contributed by atoms with Crippen molar-refractivity contribution in [1.82, 2.24) is 15.1 Å². The third-order valence-corrected chi connectivity index (χ3v) is 2.08. The Kier molecular flexibility index (Phi) is 3.90. The fraction of sp³-hybridized carbons (Fsp3) is 0.667. The lowest BCUT2D eigenvalue weighted by Gasteiger charge is -2.15. The first-order chi connectivity index (χ1) is 7.33. The van der Waals surface area contributed by atoms with E-state index >= 15 is 0 Å². The van der Waals surface area contributed by atoms with Crippen LogP contribution in [0.15, 0.2) is 6.07 Å². The minimum atomic E-state index is -3.99. The van der Waals surface area contributed by atoms with Gasteiger partial charge in [-0.2, -0.15) is 13.9 Å². The van der Waals surface area contributed by atoms with E-state index in [0.29, 0.717) is 5.69 Å². The highest BCUT2D eigenvalue weighted by Crippen LogP contribution is 2.21. The number of rotatable bonds is 5. The van der Waals surface area contributed by atoms with Gasteiger partial charge in [0, 0.05) is 13.6 Å². The van der Waals surface area contributed by atoms with E-state index in [9.17, 15) is 17.6 Å². The highest BCUT2D eigenvalue weighted by Gasteiger charge is 2.39. The van der Waals surface area contributed by atoms with Gasteiger partial charge in [-0.1, -0.05) is 0 Å². The van der Waals surface area contributed by atoms with Gasteiger partial charge in [-0.3, -0.25) is 4.68 Å². The van der Waals surface area contributed by atoms with Crippen LogP contribution in [0.1, 0.15) is 11.4 Å². The molecule has 0 unspecified atom stereocenters. The van der Waals surface area contributed by atoms with Crippen molar-refractivity contribution in [3.63, 3.8) is 0 Å². The highest BCUT2D eigenvalue weighted by molar-refractivity contribution is 5.08. The van der Waals surface area contributed by atoms with Crippen LogP contribution in [0.4, 0.5) is 17.6 Å². The van der Waals surface area contributed by atoms with E-state index < -0.39 is 18.9 Å². The summed E-state index contributed by atoms with van der Waals surface area (Å²) in [6.45, 7) is 0.797. The number of hydrogen-bond acceptors (Lipinski definition) is 2. The Balaban J connectivity index is 2.44. The Morgan fingerprint density at radius 1 is 1.50 bits per heavy atom. The lowest BCUT2D eigenvalue weighted by molar-refractivity contribution is -0.125. The second kappa shape index (κ2) is 4.82. The maximum Gasteiger partial charge on any atom is 0.319 e. The maximum atomic E-state index is 12.5. The molecule has 1 heterocycles. The number of hydrogen-bond donors (Lipinski definition) is 1. The van der Waals surface area contributed by atoms with Crippen LogP contribution < -0.4 is 5.32 Å². The van der Waals surface area contributed by atoms with Gasteiger partial charge in [0.15, 0.2) is 0 Å². The Bertz CT molecular complexity index is 349. The average molecular weight is 239 g/mol. The van der Waals surface area contributed by atoms with Crippen LogP contribution in [0, 0.1) is 6.92 Å². The van der Waals surface area contributed by atoms with Crippen molar-refractivity contribution < 1.29 is 17.6 Å². The fourth-order valence-electron chi connectivity index (χ4n) is 1.26. The molecule has 7 heteroatoms. The summed E-state index contributed by atoms with van der Waals surface area (Å²) in [5.74, 6) is -3.99. The topological polar surface area (TPSA) is 29.9 Å². The molecule has 1 aromatic heterocycles. The highest BCUT2D eigenvalue weighted by atomic mass is 19.3. The smallest absolute Gasteiger partial charge is 0.305 e. The third-order valence-electron chi connectivity index (χ3n) is 2.08. The molecule has 0 aliphatic rings. The van der Waals surface area contributed by atoms with Crippen molar-refractivity contribution in [2.45, 2.75) is 25.8 Å². The van der Waals surface area contributed by atoms with Gasteiger partial charge in [-0.05, 0) is 13.0 Å². The average Bonchev–Trinajstić information content (AvgIpc) is 2.44. The molecule has 0 radical (unpaired) electrons. The van der Waals surface area contributed by atoms with Crippen LogP contribution in [-0.2, 0) is 13.6 Å². The monoisotopic (exact) mass is 239 g/mol. The number of nitrogens with one attached hydrogen (secondary N) is 1. The molecule has 0 amide bonds. The molecule has 0 bridgehead atoms. The molecule has 0 atom stereocenters. The van der Waals surface area contributed by atoms with Crippen LogP contribution in [0.3, 0.4) is 0 Å². The number of aryl methyl sites for hydroxylation is 2. The van der Waals surface area contributed by atoms with Crippen molar-refractivity contribution in [3.05, 3.63) is 17.5 Å². The zero-order valence-electron chi connectivity index (χ0n) is 8.98. The second-order valence-corrected chi connectivity index (χ2v) is 3.57. The second-order valence-electron chi connectivity index (χ2n) is 3.57. The molecular formula is C9H13F4N3. The summed E-state index contributed by atoms with van der Waals surface area (Å²) in [6, 6.07) is 1.70. The van der Waals surface area contributed by atoms with Gasteiger partial charge in [0.2, 0.25) is 0 Å². The zero-order chi connectivity index (χ0) is 12.3. The predicted molar refractivity (Wildman–Crippen MR) is 50.6 cm³/mol. The summed E-state index contributed by atoms with van der Waals surface area (Å²) in [7, 11) is 1.66. The molecule has 1 N–H and O–H groups in total. The largest absolute Gasteiger partial charge is 0.319 e. The Morgan fingerprint density at radius 2 is 2.12 bits per heavy atom. The molecule has 0 fully saturated rings. The van der Waals surface area contributed by atoms with E-state index in [1.165, 1.54) is 4.68 Å². The molecule has 3 nitrogen and oxygen atoms in total. The molecule has 16 heavy (non-hydrogen) atoms. The minimum absolute atomic E-state index is 0.0830. The summed E-state index contributed by atoms with van der Waals surface area (Å²) >= 11 is 0. The van der Waals surface area contributed by atoms with Gasteiger partial charge in [-0.25, -0.2) is 8.78 Å². The van der Waals surface area contributed by atoms with Crippen molar-refractivity contribution in [2.75, 3.05) is 6.54 Å². The molecule has 1 aromatic rings. The molecule has 92 valence electrons. The van der Waals surface area contributed by atoms with Gasteiger partial charge >= 0.3 is 12.3 Å². The van der Waals surface area contributed by atoms with E-state index in [4.69, 9.17) is 0 Å². The molecule has 1 rings (SSSR count). The van der Waals surface area contributed by atoms with Gasteiger partial charge < -0.3 is 5.32 Å². The molecule has 0 aromatic carbocycles. The first-order valence-corrected chi connectivity index (χ1v) is 4.69. The Morgan fingerprint density at radius 3 is 2.56 bits per heavy atom. The van der Waals surface area contributed by atoms with E-state index in [0.717, 1.165) is 5.69 Å². The SMILES string of the molecule is Cc1cc(CNCC(F)(F)C(F)F)n(C)n1. The Hall–Kier alpha value is -1.11. The number of aromatic nitrogens is 2. The predicted octanol–water partition coefficient (Wildman–Crippen LogP) is 1.72. The fourth-order valence-corrected chi connectivity index (χ4v) is 1.26. The molecule has 0 aliphatic carbocycles. The van der Waals surface area contributed by atoms with Crippen molar-refractivity contribution in [2.24, 2.45) is 7.05 Å². The zero-order valence-corrected chi connectivity index (χ0v) is 8.98. The normalized spacial score (nSPS) is 12.4. The number of alkyl halides is 4. The summed E-state index contributed by atoms with van der Waals surface area (Å²) in [5.41, 5.74) is 1.42. The first-order valence-electron chi connectivity index (χ1n) is 4.69. The molecule has 0 saturated heterocycles. The third kappa shape index (κ3) is 3.19. The van der Waals surface area contributed by atoms with E-state index in [2.05, 4.69) is 10.4 Å². The van der Waals surface area contributed by atoms with Gasteiger partial charge in [-0.15, -0.1) is 0 Å². The van der Waals surface area contributed by atoms with E-state index in [1.54, 1.807) is 20.0 Å².